The third kappa shape index (κ3) is 4.23. The lowest BCUT2D eigenvalue weighted by atomic mass is 9.84. The second kappa shape index (κ2) is 8.24. The lowest BCUT2D eigenvalue weighted by Crippen LogP contribution is -2.43. The quantitative estimate of drug-likeness (QED) is 0.797. The van der Waals surface area contributed by atoms with Gasteiger partial charge in [-0.1, -0.05) is 48.5 Å². The number of aliphatic imine (C=N–C) groups is 1. The number of hydrogen-bond acceptors (Lipinski definition) is 4. The summed E-state index contributed by atoms with van der Waals surface area (Å²) in [5.41, 5.74) is 4.10. The normalized spacial score (nSPS) is 20.9. The van der Waals surface area contributed by atoms with E-state index in [1.807, 2.05) is 30.3 Å². The van der Waals surface area contributed by atoms with E-state index in [0.29, 0.717) is 0 Å². The molecule has 0 atom stereocenters. The fraction of sp³-hybridized carbons (Fsp3) is 0.435. The van der Waals surface area contributed by atoms with Gasteiger partial charge >= 0.3 is 0 Å². The number of nitrogens with one attached hydrogen (secondary N) is 1. The van der Waals surface area contributed by atoms with E-state index in [-0.39, 0.29) is 0 Å². The molecule has 4 rings (SSSR count). The van der Waals surface area contributed by atoms with Crippen molar-refractivity contribution in [1.29, 1.82) is 0 Å². The summed E-state index contributed by atoms with van der Waals surface area (Å²) in [4.78, 5) is 7.35. The van der Waals surface area contributed by atoms with Crippen molar-refractivity contribution in [3.63, 3.8) is 0 Å². The number of piperidine rings is 1. The van der Waals surface area contributed by atoms with Crippen LogP contribution < -0.4 is 5.32 Å². The number of likely N-dealkylation sites (tertiary alicyclic amines) is 1. The third-order valence-electron chi connectivity index (χ3n) is 5.84. The average Bonchev–Trinajstić information content (AvgIpc) is 2.73. The van der Waals surface area contributed by atoms with E-state index >= 15 is 0 Å². The number of rotatable bonds is 5. The van der Waals surface area contributed by atoms with Gasteiger partial charge in [-0.2, -0.15) is 0 Å². The van der Waals surface area contributed by atoms with Gasteiger partial charge in [-0.15, -0.1) is 0 Å². The van der Waals surface area contributed by atoms with Crippen molar-refractivity contribution in [2.45, 2.75) is 31.3 Å². The minimum absolute atomic E-state index is 0.656. The molecule has 0 unspecified atom stereocenters. The van der Waals surface area contributed by atoms with Crippen LogP contribution in [0.15, 0.2) is 59.6 Å². The molecule has 0 bridgehead atoms. The highest BCUT2D eigenvalue weighted by Crippen LogP contribution is 2.32. The van der Waals surface area contributed by atoms with Crippen LogP contribution in [0.2, 0.25) is 0 Å². The number of fused-ring (bicyclic) bond motifs is 1. The summed E-state index contributed by atoms with van der Waals surface area (Å²) < 4.78 is 0. The zero-order valence-electron chi connectivity index (χ0n) is 15.9. The fourth-order valence-corrected chi connectivity index (χ4v) is 4.20. The SMILES string of the molecule is OC1(c2ccccc2)CCN(CCCN=C2CCNc3ccccc32)CC1. The Morgan fingerprint density at radius 1 is 1.00 bits per heavy atom. The van der Waals surface area contributed by atoms with Gasteiger partial charge < -0.3 is 15.3 Å². The van der Waals surface area contributed by atoms with E-state index in [2.05, 4.69) is 34.5 Å². The van der Waals surface area contributed by atoms with Gasteiger partial charge in [0.1, 0.15) is 0 Å². The van der Waals surface area contributed by atoms with E-state index in [1.165, 1.54) is 17.0 Å². The average molecular weight is 364 g/mol. The van der Waals surface area contributed by atoms with E-state index in [9.17, 15) is 5.11 Å². The van der Waals surface area contributed by atoms with Gasteiger partial charge in [-0.05, 0) is 37.4 Å². The first-order chi connectivity index (χ1) is 13.2. The maximum Gasteiger partial charge on any atom is 0.0920 e. The predicted octanol–water partition coefficient (Wildman–Crippen LogP) is 3.67. The molecule has 1 saturated heterocycles. The Morgan fingerprint density at radius 3 is 2.56 bits per heavy atom. The highest BCUT2D eigenvalue weighted by atomic mass is 16.3. The highest BCUT2D eigenvalue weighted by molar-refractivity contribution is 6.06. The van der Waals surface area contributed by atoms with Gasteiger partial charge in [-0.3, -0.25) is 4.99 Å². The lowest BCUT2D eigenvalue weighted by Gasteiger charge is -2.38. The Labute approximate surface area is 161 Å². The molecule has 142 valence electrons. The monoisotopic (exact) mass is 363 g/mol. The molecule has 0 aromatic heterocycles. The van der Waals surface area contributed by atoms with Crippen LogP contribution in [0, 0.1) is 0 Å². The van der Waals surface area contributed by atoms with E-state index in [4.69, 9.17) is 4.99 Å². The molecule has 2 aliphatic rings. The number of nitrogens with zero attached hydrogens (tertiary/aromatic N) is 2. The Hall–Kier alpha value is -2.17. The zero-order chi connectivity index (χ0) is 18.5. The summed E-state index contributed by atoms with van der Waals surface area (Å²) in [6, 6.07) is 18.6. The van der Waals surface area contributed by atoms with Gasteiger partial charge in [0.25, 0.3) is 0 Å². The minimum Gasteiger partial charge on any atom is -0.385 e. The molecule has 1 fully saturated rings. The highest BCUT2D eigenvalue weighted by Gasteiger charge is 2.33. The maximum atomic E-state index is 10.9. The largest absolute Gasteiger partial charge is 0.385 e. The summed E-state index contributed by atoms with van der Waals surface area (Å²) in [7, 11) is 0. The molecule has 2 aromatic carbocycles. The topological polar surface area (TPSA) is 47.9 Å². The van der Waals surface area contributed by atoms with E-state index in [0.717, 1.165) is 64.0 Å². The first-order valence-electron chi connectivity index (χ1n) is 10.1. The molecule has 0 amide bonds. The van der Waals surface area contributed by atoms with Crippen LogP contribution in [0.1, 0.15) is 36.8 Å². The van der Waals surface area contributed by atoms with Gasteiger partial charge in [0.15, 0.2) is 0 Å². The summed E-state index contributed by atoms with van der Waals surface area (Å²) in [5, 5.41) is 14.4. The molecule has 2 aromatic rings. The second-order valence-corrected chi connectivity index (χ2v) is 7.64. The van der Waals surface area contributed by atoms with Gasteiger partial charge in [0, 0.05) is 49.6 Å². The van der Waals surface area contributed by atoms with Crippen LogP contribution in [-0.4, -0.2) is 48.4 Å². The molecule has 0 radical (unpaired) electrons. The summed E-state index contributed by atoms with van der Waals surface area (Å²) >= 11 is 0. The first-order valence-corrected chi connectivity index (χ1v) is 10.1. The molecule has 0 aliphatic carbocycles. The van der Waals surface area contributed by atoms with Gasteiger partial charge in [0.2, 0.25) is 0 Å². The molecule has 2 heterocycles. The number of aliphatic hydroxyl groups is 1. The number of benzene rings is 2. The van der Waals surface area contributed by atoms with Crippen LogP contribution in [0.25, 0.3) is 0 Å². The van der Waals surface area contributed by atoms with Crippen LogP contribution in [-0.2, 0) is 5.60 Å². The molecular weight excluding hydrogens is 334 g/mol. The van der Waals surface area contributed by atoms with Crippen molar-refractivity contribution in [1.82, 2.24) is 4.90 Å². The molecular formula is C23H29N3O. The fourth-order valence-electron chi connectivity index (χ4n) is 4.20. The van der Waals surface area contributed by atoms with Gasteiger partial charge in [0.05, 0.1) is 5.60 Å². The number of para-hydroxylation sites is 1. The van der Waals surface area contributed by atoms with Crippen LogP contribution in [0.3, 0.4) is 0 Å². The molecule has 4 nitrogen and oxygen atoms in total. The summed E-state index contributed by atoms with van der Waals surface area (Å²) in [5.74, 6) is 0. The third-order valence-corrected chi connectivity index (χ3v) is 5.84. The molecule has 0 saturated carbocycles. The van der Waals surface area contributed by atoms with Crippen molar-refractivity contribution in [3.8, 4) is 0 Å². The molecule has 2 N–H and O–H groups in total. The molecule has 2 aliphatic heterocycles. The standard InChI is InChI=1S/C23H29N3O/c27-23(19-7-2-1-3-8-19)12-17-26(18-13-23)16-6-14-24-22-11-15-25-21-10-5-4-9-20(21)22/h1-5,7-10,25,27H,6,11-18H2. The van der Waals surface area contributed by atoms with Crippen molar-refractivity contribution in [2.24, 2.45) is 4.99 Å². The lowest BCUT2D eigenvalue weighted by molar-refractivity contribution is -0.0258. The number of hydrogen-bond donors (Lipinski definition) is 2. The van der Waals surface area contributed by atoms with Crippen molar-refractivity contribution in [3.05, 3.63) is 65.7 Å². The molecule has 0 spiro atoms. The van der Waals surface area contributed by atoms with Crippen LogP contribution >= 0.6 is 0 Å². The van der Waals surface area contributed by atoms with Crippen molar-refractivity contribution >= 4 is 11.4 Å². The van der Waals surface area contributed by atoms with Crippen LogP contribution in [0.4, 0.5) is 5.69 Å². The Morgan fingerprint density at radius 2 is 1.74 bits per heavy atom. The van der Waals surface area contributed by atoms with Gasteiger partial charge in [-0.25, -0.2) is 0 Å². The van der Waals surface area contributed by atoms with E-state index < -0.39 is 5.60 Å². The molecule has 4 heteroatoms. The smallest absolute Gasteiger partial charge is 0.0920 e. The summed E-state index contributed by atoms with van der Waals surface area (Å²) in [6.07, 6.45) is 3.70. The van der Waals surface area contributed by atoms with E-state index in [1.54, 1.807) is 0 Å². The molecule has 27 heavy (non-hydrogen) atoms. The maximum absolute atomic E-state index is 10.9. The Kier molecular flexibility index (Phi) is 5.55. The Bertz CT molecular complexity index is 779. The minimum atomic E-state index is -0.656. The van der Waals surface area contributed by atoms with Crippen LogP contribution in [0.5, 0.6) is 0 Å². The summed E-state index contributed by atoms with van der Waals surface area (Å²) in [6.45, 7) is 4.81. The predicted molar refractivity (Wildman–Crippen MR) is 112 cm³/mol. The Balaban J connectivity index is 1.26. The number of anilines is 1. The first kappa shape index (κ1) is 18.2. The second-order valence-electron chi connectivity index (χ2n) is 7.64. The van der Waals surface area contributed by atoms with Crippen molar-refractivity contribution < 1.29 is 5.11 Å². The van der Waals surface area contributed by atoms with Crippen molar-refractivity contribution in [2.75, 3.05) is 38.0 Å². The zero-order valence-corrected chi connectivity index (χ0v) is 15.9.